The molecular formula is C6H11N2+. The molecule has 0 saturated heterocycles. The Balaban J connectivity index is 2.84. The average Bonchev–Trinajstić information content (AvgIpc) is 2.14. The first-order valence-corrected chi connectivity index (χ1v) is 2.87. The molecule has 8 heavy (non-hydrogen) atoms. The number of nitrogens with one attached hydrogen (secondary N) is 1. The van der Waals surface area contributed by atoms with Crippen molar-refractivity contribution < 1.29 is 4.57 Å². The third-order valence-corrected chi connectivity index (χ3v) is 1.18. The van der Waals surface area contributed by atoms with Gasteiger partial charge in [0.1, 0.15) is 11.9 Å². The van der Waals surface area contributed by atoms with Gasteiger partial charge in [-0.3, -0.25) is 0 Å². The van der Waals surface area contributed by atoms with E-state index in [0.29, 0.717) is 0 Å². The number of rotatable bonds is 1. The van der Waals surface area contributed by atoms with Gasteiger partial charge in [0.25, 0.3) is 0 Å². The minimum Gasteiger partial charge on any atom is -0.248 e. The van der Waals surface area contributed by atoms with Crippen LogP contribution in [0.5, 0.6) is 0 Å². The Morgan fingerprint density at radius 1 is 1.75 bits per heavy atom. The highest BCUT2D eigenvalue weighted by molar-refractivity contribution is 4.82. The monoisotopic (exact) mass is 111 g/mol. The quantitative estimate of drug-likeness (QED) is 0.513. The molecule has 0 atom stereocenters. The lowest BCUT2D eigenvalue weighted by molar-refractivity contribution is -0.692. The van der Waals surface area contributed by atoms with Crippen LogP contribution < -0.4 is 4.57 Å². The summed E-state index contributed by atoms with van der Waals surface area (Å²) in [4.78, 5) is 3.08. The van der Waals surface area contributed by atoms with E-state index in [-0.39, 0.29) is 0 Å². The second-order valence-electron chi connectivity index (χ2n) is 1.92. The summed E-state index contributed by atoms with van der Waals surface area (Å²) in [7, 11) is 0. The summed E-state index contributed by atoms with van der Waals surface area (Å²) in [6.07, 6.45) is 4.05. The van der Waals surface area contributed by atoms with Crippen LogP contribution in [0, 0.1) is 6.92 Å². The summed E-state index contributed by atoms with van der Waals surface area (Å²) >= 11 is 0. The van der Waals surface area contributed by atoms with Crippen LogP contribution in [0.4, 0.5) is 0 Å². The van der Waals surface area contributed by atoms with Crippen molar-refractivity contribution in [3.8, 4) is 0 Å². The number of hydrogen-bond acceptors (Lipinski definition) is 0. The van der Waals surface area contributed by atoms with Gasteiger partial charge in [0.2, 0.25) is 6.33 Å². The van der Waals surface area contributed by atoms with Gasteiger partial charge in [0, 0.05) is 6.92 Å². The highest BCUT2D eigenvalue weighted by Gasteiger charge is 1.94. The molecule has 0 amide bonds. The number of hydrogen-bond donors (Lipinski definition) is 1. The fourth-order valence-corrected chi connectivity index (χ4v) is 0.691. The van der Waals surface area contributed by atoms with E-state index in [1.165, 1.54) is 5.69 Å². The Labute approximate surface area is 49.2 Å². The smallest absolute Gasteiger partial charge is 0.241 e. The molecule has 0 fully saturated rings. The van der Waals surface area contributed by atoms with E-state index in [1.807, 2.05) is 13.3 Å². The Morgan fingerprint density at radius 2 is 2.50 bits per heavy atom. The van der Waals surface area contributed by atoms with Crippen LogP contribution in [0.15, 0.2) is 12.5 Å². The maximum atomic E-state index is 3.08. The Hall–Kier alpha value is -0.790. The molecule has 0 aromatic carbocycles. The van der Waals surface area contributed by atoms with Crippen LogP contribution in [-0.2, 0) is 6.54 Å². The number of aryl methyl sites for hydroxylation is 2. The molecule has 2 heteroatoms. The maximum absolute atomic E-state index is 3.08. The molecule has 1 heterocycles. The maximum Gasteiger partial charge on any atom is 0.241 e. The topological polar surface area (TPSA) is 19.7 Å². The summed E-state index contributed by atoms with van der Waals surface area (Å²) in [5.74, 6) is 0. The summed E-state index contributed by atoms with van der Waals surface area (Å²) in [5, 5.41) is 0. The van der Waals surface area contributed by atoms with E-state index >= 15 is 0 Å². The van der Waals surface area contributed by atoms with E-state index in [4.69, 9.17) is 0 Å². The first-order chi connectivity index (χ1) is 3.83. The van der Waals surface area contributed by atoms with Crippen LogP contribution in [0.2, 0.25) is 0 Å². The second-order valence-corrected chi connectivity index (χ2v) is 1.92. The molecule has 0 aliphatic rings. The number of aromatic amines is 1. The van der Waals surface area contributed by atoms with Crippen molar-refractivity contribution in [1.82, 2.24) is 4.98 Å². The van der Waals surface area contributed by atoms with Crippen molar-refractivity contribution in [3.05, 3.63) is 18.2 Å². The second kappa shape index (κ2) is 1.99. The van der Waals surface area contributed by atoms with Crippen molar-refractivity contribution in [2.45, 2.75) is 20.4 Å². The van der Waals surface area contributed by atoms with Crippen LogP contribution >= 0.6 is 0 Å². The molecule has 0 saturated carbocycles. The third kappa shape index (κ3) is 0.886. The lowest BCUT2D eigenvalue weighted by atomic mass is 10.6. The van der Waals surface area contributed by atoms with Gasteiger partial charge in [-0.2, -0.15) is 0 Å². The van der Waals surface area contributed by atoms with E-state index < -0.39 is 0 Å². The molecule has 0 spiro atoms. The lowest BCUT2D eigenvalue weighted by Gasteiger charge is -1.79. The standard InChI is InChI=1S/C6H10N2/c1-3-8-4-6(2)7-5-8/h4-5H,3H2,1-2H3/p+1. The zero-order valence-electron chi connectivity index (χ0n) is 5.31. The molecule has 1 aromatic rings. The predicted molar refractivity (Wildman–Crippen MR) is 31.4 cm³/mol. The van der Waals surface area contributed by atoms with Gasteiger partial charge in [-0.05, 0) is 6.92 Å². The van der Waals surface area contributed by atoms with Crippen molar-refractivity contribution in [2.24, 2.45) is 0 Å². The molecule has 0 aliphatic heterocycles. The van der Waals surface area contributed by atoms with Gasteiger partial charge < -0.3 is 0 Å². The van der Waals surface area contributed by atoms with Crippen LogP contribution in [-0.4, -0.2) is 4.98 Å². The molecule has 0 aliphatic carbocycles. The normalized spacial score (nSPS) is 9.75. The van der Waals surface area contributed by atoms with Gasteiger partial charge in [-0.15, -0.1) is 0 Å². The number of H-pyrrole nitrogens is 1. The zero-order valence-corrected chi connectivity index (χ0v) is 5.31. The molecule has 1 N–H and O–H groups in total. The van der Waals surface area contributed by atoms with E-state index in [2.05, 4.69) is 22.7 Å². The number of nitrogens with zero attached hydrogens (tertiary/aromatic N) is 1. The Kier molecular flexibility index (Phi) is 1.33. The first-order valence-electron chi connectivity index (χ1n) is 2.87. The van der Waals surface area contributed by atoms with Gasteiger partial charge >= 0.3 is 0 Å². The summed E-state index contributed by atoms with van der Waals surface area (Å²) < 4.78 is 2.11. The molecular weight excluding hydrogens is 100 g/mol. The summed E-state index contributed by atoms with van der Waals surface area (Å²) in [5.41, 5.74) is 1.21. The number of imidazole rings is 1. The van der Waals surface area contributed by atoms with Crippen molar-refractivity contribution in [3.63, 3.8) is 0 Å². The van der Waals surface area contributed by atoms with E-state index in [0.717, 1.165) is 6.54 Å². The molecule has 0 unspecified atom stereocenters. The average molecular weight is 111 g/mol. The van der Waals surface area contributed by atoms with Crippen LogP contribution in [0.1, 0.15) is 12.6 Å². The van der Waals surface area contributed by atoms with Gasteiger partial charge in [0.15, 0.2) is 0 Å². The van der Waals surface area contributed by atoms with Crippen molar-refractivity contribution in [1.29, 1.82) is 0 Å². The van der Waals surface area contributed by atoms with Crippen molar-refractivity contribution >= 4 is 0 Å². The first kappa shape index (κ1) is 5.35. The summed E-state index contributed by atoms with van der Waals surface area (Å²) in [6.45, 7) is 5.21. The molecule has 0 radical (unpaired) electrons. The minimum absolute atomic E-state index is 1.05. The van der Waals surface area contributed by atoms with Crippen molar-refractivity contribution in [2.75, 3.05) is 0 Å². The van der Waals surface area contributed by atoms with E-state index in [1.54, 1.807) is 0 Å². The number of aromatic nitrogens is 2. The molecule has 1 aromatic heterocycles. The van der Waals surface area contributed by atoms with Crippen LogP contribution in [0.3, 0.4) is 0 Å². The Morgan fingerprint density at radius 3 is 2.75 bits per heavy atom. The molecule has 1 rings (SSSR count). The zero-order chi connectivity index (χ0) is 5.98. The lowest BCUT2D eigenvalue weighted by Crippen LogP contribution is -2.28. The van der Waals surface area contributed by atoms with E-state index in [9.17, 15) is 0 Å². The fraction of sp³-hybridized carbons (Fsp3) is 0.500. The highest BCUT2D eigenvalue weighted by Crippen LogP contribution is 1.81. The SMILES string of the molecule is CC[n+]1c[nH]c(C)c1. The molecule has 2 nitrogen and oxygen atoms in total. The summed E-state index contributed by atoms with van der Waals surface area (Å²) in [6, 6.07) is 0. The van der Waals surface area contributed by atoms with Gasteiger partial charge in [-0.1, -0.05) is 0 Å². The minimum atomic E-state index is 1.05. The third-order valence-electron chi connectivity index (χ3n) is 1.18. The highest BCUT2D eigenvalue weighted by atomic mass is 15.0. The molecule has 44 valence electrons. The largest absolute Gasteiger partial charge is 0.248 e. The van der Waals surface area contributed by atoms with Gasteiger partial charge in [0.05, 0.1) is 6.54 Å². The predicted octanol–water partition coefficient (Wildman–Crippen LogP) is 0.631. The van der Waals surface area contributed by atoms with Gasteiger partial charge in [-0.25, -0.2) is 9.55 Å². The van der Waals surface area contributed by atoms with Crippen LogP contribution in [0.25, 0.3) is 0 Å². The molecule has 0 bridgehead atoms. The Bertz CT molecular complexity index is 167. The fourth-order valence-electron chi connectivity index (χ4n) is 0.691.